The van der Waals surface area contributed by atoms with Crippen LogP contribution in [0.15, 0.2) is 10.6 Å². The topological polar surface area (TPSA) is 98.7 Å². The Balaban J connectivity index is 1.76. The summed E-state index contributed by atoms with van der Waals surface area (Å²) in [5.74, 6) is 1.69. The van der Waals surface area contributed by atoms with Gasteiger partial charge in [0.15, 0.2) is 11.5 Å². The van der Waals surface area contributed by atoms with Crippen LogP contribution < -0.4 is 5.32 Å². The fourth-order valence-corrected chi connectivity index (χ4v) is 3.86. The van der Waals surface area contributed by atoms with Gasteiger partial charge in [-0.05, 0) is 58.4 Å². The lowest BCUT2D eigenvalue weighted by Crippen LogP contribution is -2.32. The van der Waals surface area contributed by atoms with Crippen LogP contribution >= 0.6 is 0 Å². The van der Waals surface area contributed by atoms with Gasteiger partial charge in [0, 0.05) is 11.6 Å². The molecule has 3 aromatic rings. The standard InChI is InChI=1S/C24H34N6O2/c1-12(2)17-11-16(18-14(5)28-30(21(18)25-17)24(6,7)8)22(31)26-19(13(3)4)23-27-20(29-32-23)15-9-10-15/h11-13,15,19H,9-10H2,1-8H3,(H,26,31). The monoisotopic (exact) mass is 438 g/mol. The molecule has 0 radical (unpaired) electrons. The first-order valence-electron chi connectivity index (χ1n) is 11.5. The number of rotatable bonds is 6. The number of pyridine rings is 1. The molecule has 0 aliphatic heterocycles. The smallest absolute Gasteiger partial charge is 0.252 e. The van der Waals surface area contributed by atoms with E-state index in [0.29, 0.717) is 17.4 Å². The van der Waals surface area contributed by atoms with E-state index >= 15 is 0 Å². The number of carbonyl (C=O) groups is 1. The zero-order valence-electron chi connectivity index (χ0n) is 20.4. The number of nitrogens with one attached hydrogen (secondary N) is 1. The van der Waals surface area contributed by atoms with Gasteiger partial charge in [-0.3, -0.25) is 4.79 Å². The van der Waals surface area contributed by atoms with Gasteiger partial charge in [-0.2, -0.15) is 10.1 Å². The van der Waals surface area contributed by atoms with Gasteiger partial charge in [0.1, 0.15) is 6.04 Å². The molecule has 1 aliphatic carbocycles. The van der Waals surface area contributed by atoms with Crippen LogP contribution in [0.3, 0.4) is 0 Å². The van der Waals surface area contributed by atoms with Gasteiger partial charge in [0.05, 0.1) is 22.2 Å². The Bertz CT molecular complexity index is 1150. The van der Waals surface area contributed by atoms with Crippen LogP contribution in [0.2, 0.25) is 0 Å². The molecule has 1 N–H and O–H groups in total. The minimum Gasteiger partial charge on any atom is -0.340 e. The molecular formula is C24H34N6O2. The molecule has 1 atom stereocenters. The highest BCUT2D eigenvalue weighted by molar-refractivity contribution is 6.06. The first-order valence-corrected chi connectivity index (χ1v) is 11.5. The summed E-state index contributed by atoms with van der Waals surface area (Å²) in [6, 6.07) is 1.52. The zero-order chi connectivity index (χ0) is 23.4. The van der Waals surface area contributed by atoms with Crippen LogP contribution in [0.25, 0.3) is 11.0 Å². The molecule has 8 heteroatoms. The van der Waals surface area contributed by atoms with Crippen LogP contribution in [-0.4, -0.2) is 30.8 Å². The molecule has 0 aromatic carbocycles. The van der Waals surface area contributed by atoms with Gasteiger partial charge < -0.3 is 9.84 Å². The number of amides is 1. The second-order valence-electron chi connectivity index (χ2n) is 10.6. The van der Waals surface area contributed by atoms with Gasteiger partial charge in [-0.1, -0.05) is 32.9 Å². The minimum atomic E-state index is -0.369. The van der Waals surface area contributed by atoms with E-state index in [1.54, 1.807) is 0 Å². The van der Waals surface area contributed by atoms with Crippen molar-refractivity contribution >= 4 is 16.9 Å². The quantitative estimate of drug-likeness (QED) is 0.581. The van der Waals surface area contributed by atoms with Crippen LogP contribution in [-0.2, 0) is 5.54 Å². The van der Waals surface area contributed by atoms with E-state index in [1.807, 2.05) is 31.5 Å². The number of hydrogen-bond acceptors (Lipinski definition) is 6. The number of fused-ring (bicyclic) bond motifs is 1. The molecule has 172 valence electrons. The van der Waals surface area contributed by atoms with E-state index in [4.69, 9.17) is 14.6 Å². The summed E-state index contributed by atoms with van der Waals surface area (Å²) < 4.78 is 7.46. The summed E-state index contributed by atoms with van der Waals surface area (Å²) in [4.78, 5) is 23.1. The molecule has 1 saturated carbocycles. The van der Waals surface area contributed by atoms with E-state index in [0.717, 1.165) is 41.1 Å². The molecule has 1 unspecified atom stereocenters. The number of hydrogen-bond donors (Lipinski definition) is 1. The van der Waals surface area contributed by atoms with Crippen molar-refractivity contribution in [1.29, 1.82) is 0 Å². The first-order chi connectivity index (χ1) is 15.0. The molecule has 32 heavy (non-hydrogen) atoms. The molecule has 3 aromatic heterocycles. The van der Waals surface area contributed by atoms with E-state index < -0.39 is 0 Å². The maximum absolute atomic E-state index is 13.6. The summed E-state index contributed by atoms with van der Waals surface area (Å²) in [6.45, 7) is 16.4. The summed E-state index contributed by atoms with van der Waals surface area (Å²) in [7, 11) is 0. The Morgan fingerprint density at radius 2 is 1.88 bits per heavy atom. The maximum Gasteiger partial charge on any atom is 0.252 e. The van der Waals surface area contributed by atoms with Crippen LogP contribution in [0.1, 0.15) is 113 Å². The van der Waals surface area contributed by atoms with Crippen molar-refractivity contribution in [1.82, 2.24) is 30.2 Å². The molecule has 0 bridgehead atoms. The third kappa shape index (κ3) is 4.14. The predicted octanol–water partition coefficient (Wildman–Crippen LogP) is 5.01. The van der Waals surface area contributed by atoms with Crippen molar-refractivity contribution in [3.8, 4) is 0 Å². The SMILES string of the molecule is Cc1nn(C(C)(C)C)c2nc(C(C)C)cc(C(=O)NC(c3nc(C4CC4)no3)C(C)C)c12. The summed E-state index contributed by atoms with van der Waals surface area (Å²) in [6.07, 6.45) is 2.20. The van der Waals surface area contributed by atoms with Crippen molar-refractivity contribution in [3.63, 3.8) is 0 Å². The molecule has 0 saturated heterocycles. The fourth-order valence-electron chi connectivity index (χ4n) is 3.86. The van der Waals surface area contributed by atoms with E-state index in [2.05, 4.69) is 50.1 Å². The van der Waals surface area contributed by atoms with E-state index in [-0.39, 0.29) is 29.3 Å². The fraction of sp³-hybridized carbons (Fsp3) is 0.625. The van der Waals surface area contributed by atoms with E-state index in [1.165, 1.54) is 0 Å². The molecule has 8 nitrogen and oxygen atoms in total. The van der Waals surface area contributed by atoms with Crippen LogP contribution in [0.5, 0.6) is 0 Å². The second kappa shape index (κ2) is 7.98. The van der Waals surface area contributed by atoms with Gasteiger partial charge in [-0.15, -0.1) is 0 Å². The van der Waals surface area contributed by atoms with Gasteiger partial charge in [0.2, 0.25) is 5.89 Å². The average Bonchev–Trinajstić information content (AvgIpc) is 3.34. The Hall–Kier alpha value is -2.77. The molecule has 1 aliphatic rings. The van der Waals surface area contributed by atoms with E-state index in [9.17, 15) is 4.79 Å². The van der Waals surface area contributed by atoms with Crippen molar-refractivity contribution < 1.29 is 9.32 Å². The van der Waals surface area contributed by atoms with Crippen LogP contribution in [0, 0.1) is 12.8 Å². The lowest BCUT2D eigenvalue weighted by atomic mass is 10.0. The largest absolute Gasteiger partial charge is 0.340 e. The zero-order valence-corrected chi connectivity index (χ0v) is 20.4. The third-order valence-electron chi connectivity index (χ3n) is 5.92. The summed E-state index contributed by atoms with van der Waals surface area (Å²) >= 11 is 0. The first kappa shape index (κ1) is 22.4. The number of aromatic nitrogens is 5. The van der Waals surface area contributed by atoms with Crippen molar-refractivity contribution in [2.45, 2.75) is 91.6 Å². The van der Waals surface area contributed by atoms with Gasteiger partial charge in [-0.25, -0.2) is 9.67 Å². The number of aryl methyl sites for hydroxylation is 1. The van der Waals surface area contributed by atoms with Crippen molar-refractivity contribution in [2.24, 2.45) is 5.92 Å². The Labute approximate surface area is 189 Å². The van der Waals surface area contributed by atoms with Gasteiger partial charge >= 0.3 is 0 Å². The molecule has 1 amide bonds. The highest BCUT2D eigenvalue weighted by Crippen LogP contribution is 2.39. The van der Waals surface area contributed by atoms with Crippen molar-refractivity contribution in [3.05, 3.63) is 34.7 Å². The summed E-state index contributed by atoms with van der Waals surface area (Å²) in [5, 5.41) is 12.8. The van der Waals surface area contributed by atoms with Gasteiger partial charge in [0.25, 0.3) is 5.91 Å². The summed E-state index contributed by atoms with van der Waals surface area (Å²) in [5.41, 5.74) is 2.72. The minimum absolute atomic E-state index is 0.0896. The Morgan fingerprint density at radius 3 is 2.44 bits per heavy atom. The number of carbonyl (C=O) groups excluding carboxylic acids is 1. The molecule has 1 fully saturated rings. The average molecular weight is 439 g/mol. The molecular weight excluding hydrogens is 404 g/mol. The Morgan fingerprint density at radius 1 is 1.19 bits per heavy atom. The number of nitrogens with zero attached hydrogens (tertiary/aromatic N) is 5. The maximum atomic E-state index is 13.6. The molecule has 4 rings (SSSR count). The molecule has 0 spiro atoms. The Kier molecular flexibility index (Phi) is 5.59. The highest BCUT2D eigenvalue weighted by Gasteiger charge is 2.32. The predicted molar refractivity (Wildman–Crippen MR) is 123 cm³/mol. The highest BCUT2D eigenvalue weighted by atomic mass is 16.5. The second-order valence-corrected chi connectivity index (χ2v) is 10.6. The normalized spacial score (nSPS) is 15.7. The van der Waals surface area contributed by atoms with Crippen LogP contribution in [0.4, 0.5) is 0 Å². The van der Waals surface area contributed by atoms with Crippen molar-refractivity contribution in [2.75, 3.05) is 0 Å². The third-order valence-corrected chi connectivity index (χ3v) is 5.92. The lowest BCUT2D eigenvalue weighted by molar-refractivity contribution is 0.0915. The molecule has 3 heterocycles. The lowest BCUT2D eigenvalue weighted by Gasteiger charge is -2.21.